The summed E-state index contributed by atoms with van der Waals surface area (Å²) in [6.45, 7) is -0.541. The van der Waals surface area contributed by atoms with Gasteiger partial charge in [-0.15, -0.1) is 0 Å². The SMILES string of the molecule is NC(N)=NCCCC(N)C(=O)NC(CO)C(=O)NC(Cc1ccc(O)cc1)C(=O)NC(Cc1ccccc1)C(=O)O. The number of guanidine groups is 1. The van der Waals surface area contributed by atoms with E-state index in [0.29, 0.717) is 17.5 Å². The second-order valence-electron chi connectivity index (χ2n) is 9.32. The second-order valence-corrected chi connectivity index (χ2v) is 9.32. The Hall–Kier alpha value is -4.69. The van der Waals surface area contributed by atoms with E-state index in [1.54, 1.807) is 30.3 Å². The number of aliphatic carboxylic acids is 1. The third-order valence-electron chi connectivity index (χ3n) is 6.03. The fraction of sp³-hybridized carbons (Fsp3) is 0.370. The van der Waals surface area contributed by atoms with Crippen LogP contribution in [0.1, 0.15) is 24.0 Å². The Bertz CT molecular complexity index is 1190. The first-order chi connectivity index (χ1) is 19.5. The molecule has 0 aliphatic rings. The van der Waals surface area contributed by atoms with Gasteiger partial charge in [-0.2, -0.15) is 0 Å². The van der Waals surface area contributed by atoms with E-state index < -0.39 is 54.5 Å². The number of rotatable bonds is 16. The van der Waals surface area contributed by atoms with Gasteiger partial charge in [0.05, 0.1) is 12.6 Å². The lowest BCUT2D eigenvalue weighted by Crippen LogP contribution is -2.58. The first kappa shape index (κ1) is 32.5. The summed E-state index contributed by atoms with van der Waals surface area (Å²) in [7, 11) is 0. The highest BCUT2D eigenvalue weighted by molar-refractivity contribution is 5.94. The van der Waals surface area contributed by atoms with Gasteiger partial charge in [0, 0.05) is 19.4 Å². The summed E-state index contributed by atoms with van der Waals surface area (Å²) in [5.74, 6) is -3.77. The predicted octanol–water partition coefficient (Wildman–Crippen LogP) is -1.91. The number of phenols is 1. The molecule has 0 fully saturated rings. The number of carboxylic acids is 1. The van der Waals surface area contributed by atoms with Crippen LogP contribution in [0.5, 0.6) is 5.75 Å². The second kappa shape index (κ2) is 16.4. The van der Waals surface area contributed by atoms with E-state index in [-0.39, 0.29) is 37.5 Å². The molecule has 0 aliphatic heterocycles. The zero-order valence-electron chi connectivity index (χ0n) is 22.4. The molecule has 2 aromatic rings. The van der Waals surface area contributed by atoms with Crippen molar-refractivity contribution in [2.75, 3.05) is 13.2 Å². The number of hydrogen-bond donors (Lipinski definition) is 9. The van der Waals surface area contributed by atoms with Crippen LogP contribution in [0.3, 0.4) is 0 Å². The topological polar surface area (TPSA) is 255 Å². The number of hydrogen-bond acceptors (Lipinski definition) is 8. The summed E-state index contributed by atoms with van der Waals surface area (Å²) >= 11 is 0. The van der Waals surface area contributed by atoms with E-state index in [9.17, 15) is 34.5 Å². The molecule has 0 heterocycles. The van der Waals surface area contributed by atoms with Crippen molar-refractivity contribution in [3.05, 3.63) is 65.7 Å². The van der Waals surface area contributed by atoms with E-state index in [1.807, 2.05) is 0 Å². The van der Waals surface area contributed by atoms with Gasteiger partial charge in [0.15, 0.2) is 5.96 Å². The van der Waals surface area contributed by atoms with Crippen LogP contribution in [0.15, 0.2) is 59.6 Å². The average Bonchev–Trinajstić information content (AvgIpc) is 2.94. The largest absolute Gasteiger partial charge is 0.508 e. The zero-order chi connectivity index (χ0) is 30.4. The zero-order valence-corrected chi connectivity index (χ0v) is 22.4. The lowest BCUT2D eigenvalue weighted by molar-refractivity contribution is -0.142. The van der Waals surface area contributed by atoms with Crippen molar-refractivity contribution in [2.24, 2.45) is 22.2 Å². The molecule has 0 spiro atoms. The number of aliphatic hydroxyl groups is 1. The molecular formula is C27H37N7O7. The minimum absolute atomic E-state index is 0.00180. The molecule has 222 valence electrons. The molecule has 0 bridgehead atoms. The molecule has 0 radical (unpaired) electrons. The van der Waals surface area contributed by atoms with Gasteiger partial charge in [0.2, 0.25) is 17.7 Å². The highest BCUT2D eigenvalue weighted by Gasteiger charge is 2.30. The molecule has 3 amide bonds. The number of benzene rings is 2. The van der Waals surface area contributed by atoms with Crippen LogP contribution in [0.4, 0.5) is 0 Å². The number of nitrogens with zero attached hydrogens (tertiary/aromatic N) is 1. The smallest absolute Gasteiger partial charge is 0.326 e. The standard InChI is InChI=1S/C27H37N7O7/c28-19(7-4-12-31-27(29)30)23(37)34-22(15-35)25(39)32-20(13-17-8-10-18(36)11-9-17)24(38)33-21(26(40)41)14-16-5-2-1-3-6-16/h1-3,5-6,8-11,19-22,35-36H,4,7,12-15,28H2,(H,32,39)(H,33,38)(H,34,37)(H,40,41)(H4,29,30,31). The molecule has 0 saturated carbocycles. The third-order valence-corrected chi connectivity index (χ3v) is 6.03. The van der Waals surface area contributed by atoms with Crippen molar-refractivity contribution in [2.45, 2.75) is 49.9 Å². The van der Waals surface area contributed by atoms with Crippen LogP contribution in [0.2, 0.25) is 0 Å². The van der Waals surface area contributed by atoms with Gasteiger partial charge < -0.3 is 48.5 Å². The molecule has 14 nitrogen and oxygen atoms in total. The number of nitrogens with two attached hydrogens (primary N) is 3. The third kappa shape index (κ3) is 11.5. The normalized spacial score (nSPS) is 13.6. The van der Waals surface area contributed by atoms with E-state index in [1.165, 1.54) is 24.3 Å². The molecule has 14 heteroatoms. The minimum Gasteiger partial charge on any atom is -0.508 e. The van der Waals surface area contributed by atoms with E-state index >= 15 is 0 Å². The number of nitrogens with one attached hydrogen (secondary N) is 3. The van der Waals surface area contributed by atoms with Crippen molar-refractivity contribution in [3.8, 4) is 5.75 Å². The maximum absolute atomic E-state index is 13.3. The van der Waals surface area contributed by atoms with Crippen molar-refractivity contribution < 1.29 is 34.5 Å². The van der Waals surface area contributed by atoms with Crippen molar-refractivity contribution in [3.63, 3.8) is 0 Å². The molecule has 4 atom stereocenters. The number of carbonyl (C=O) groups is 4. The van der Waals surface area contributed by atoms with Gasteiger partial charge in [-0.3, -0.25) is 19.4 Å². The number of aliphatic hydroxyl groups excluding tert-OH is 1. The monoisotopic (exact) mass is 571 g/mol. The van der Waals surface area contributed by atoms with Crippen LogP contribution in [0, 0.1) is 0 Å². The maximum atomic E-state index is 13.3. The fourth-order valence-corrected chi connectivity index (χ4v) is 3.79. The number of phenolic OH excluding ortho intramolecular Hbond substituents is 1. The van der Waals surface area contributed by atoms with Crippen LogP contribution >= 0.6 is 0 Å². The quantitative estimate of drug-likeness (QED) is 0.0613. The van der Waals surface area contributed by atoms with Crippen LogP contribution in [-0.2, 0) is 32.0 Å². The Kier molecular flexibility index (Phi) is 13.0. The van der Waals surface area contributed by atoms with Crippen molar-refractivity contribution in [1.82, 2.24) is 16.0 Å². The molecule has 0 aromatic heterocycles. The van der Waals surface area contributed by atoms with Crippen molar-refractivity contribution in [1.29, 1.82) is 0 Å². The van der Waals surface area contributed by atoms with Crippen LogP contribution in [0.25, 0.3) is 0 Å². The molecule has 4 unspecified atom stereocenters. The first-order valence-electron chi connectivity index (χ1n) is 12.9. The Morgan fingerprint density at radius 2 is 1.32 bits per heavy atom. The highest BCUT2D eigenvalue weighted by Crippen LogP contribution is 2.12. The lowest BCUT2D eigenvalue weighted by Gasteiger charge is -2.24. The highest BCUT2D eigenvalue weighted by atomic mass is 16.4. The minimum atomic E-state index is -1.44. The maximum Gasteiger partial charge on any atom is 0.326 e. The Balaban J connectivity index is 2.14. The molecular weight excluding hydrogens is 534 g/mol. The van der Waals surface area contributed by atoms with Gasteiger partial charge >= 0.3 is 5.97 Å². The number of carbonyl (C=O) groups excluding carboxylic acids is 3. The molecule has 2 rings (SSSR count). The Morgan fingerprint density at radius 1 is 0.780 bits per heavy atom. The Labute approximate surface area is 237 Å². The summed E-state index contributed by atoms with van der Waals surface area (Å²) in [5, 5.41) is 36.4. The summed E-state index contributed by atoms with van der Waals surface area (Å²) < 4.78 is 0. The van der Waals surface area contributed by atoms with E-state index in [0.717, 1.165) is 0 Å². The predicted molar refractivity (Wildman–Crippen MR) is 150 cm³/mol. The van der Waals surface area contributed by atoms with Gasteiger partial charge in [-0.05, 0) is 36.1 Å². The summed E-state index contributed by atoms with van der Waals surface area (Å²) in [4.78, 5) is 54.5. The van der Waals surface area contributed by atoms with E-state index in [4.69, 9.17) is 17.2 Å². The van der Waals surface area contributed by atoms with E-state index in [2.05, 4.69) is 20.9 Å². The first-order valence-corrected chi connectivity index (χ1v) is 12.9. The van der Waals surface area contributed by atoms with Crippen LogP contribution < -0.4 is 33.2 Å². The summed E-state index contributed by atoms with van der Waals surface area (Å²) in [5.41, 5.74) is 17.6. The molecule has 12 N–H and O–H groups in total. The summed E-state index contributed by atoms with van der Waals surface area (Å²) in [6, 6.07) is 9.51. The Morgan fingerprint density at radius 3 is 1.90 bits per heavy atom. The van der Waals surface area contributed by atoms with Gasteiger partial charge in [-0.1, -0.05) is 42.5 Å². The number of aromatic hydroxyl groups is 1. The number of amides is 3. The molecule has 0 aliphatic carbocycles. The van der Waals surface area contributed by atoms with Gasteiger partial charge in [0.1, 0.15) is 23.9 Å². The van der Waals surface area contributed by atoms with Gasteiger partial charge in [-0.25, -0.2) is 4.79 Å². The van der Waals surface area contributed by atoms with Gasteiger partial charge in [0.25, 0.3) is 0 Å². The molecule has 41 heavy (non-hydrogen) atoms. The lowest BCUT2D eigenvalue weighted by atomic mass is 10.0. The fourth-order valence-electron chi connectivity index (χ4n) is 3.79. The van der Waals surface area contributed by atoms with Crippen LogP contribution in [-0.4, -0.2) is 82.3 Å². The average molecular weight is 572 g/mol. The molecule has 2 aromatic carbocycles. The molecule has 0 saturated heterocycles. The van der Waals surface area contributed by atoms with Crippen molar-refractivity contribution >= 4 is 29.7 Å². The number of aliphatic imine (C=N–C) groups is 1. The number of carboxylic acid groups (broad SMARTS) is 1. The summed E-state index contributed by atoms with van der Waals surface area (Å²) in [6.07, 6.45) is 0.515.